The van der Waals surface area contributed by atoms with Crippen molar-refractivity contribution in [2.45, 2.75) is 32.2 Å². The molecule has 0 aromatic carbocycles. The summed E-state index contributed by atoms with van der Waals surface area (Å²) in [6.45, 7) is 0.888. The van der Waals surface area contributed by atoms with Gasteiger partial charge in [0, 0.05) is 24.9 Å². The van der Waals surface area contributed by atoms with E-state index in [1.807, 2.05) is 17.1 Å². The first-order valence-corrected chi connectivity index (χ1v) is 5.06. The summed E-state index contributed by atoms with van der Waals surface area (Å²) in [5.74, 6) is 0.392. The molecule has 4 nitrogen and oxygen atoms in total. The summed E-state index contributed by atoms with van der Waals surface area (Å²) in [5, 5.41) is 12.2. The minimum absolute atomic E-state index is 0.392. The molecule has 1 atom stereocenters. The molecular weight excluding hydrogens is 178 g/mol. The summed E-state index contributed by atoms with van der Waals surface area (Å²) < 4.78 is 2.04. The van der Waals surface area contributed by atoms with Crippen LogP contribution in [0, 0.1) is 5.92 Å². The van der Waals surface area contributed by atoms with Crippen molar-refractivity contribution in [1.29, 1.82) is 0 Å². The zero-order valence-electron chi connectivity index (χ0n) is 8.13. The second-order valence-electron chi connectivity index (χ2n) is 3.79. The normalized spacial score (nSPS) is 25.4. The molecule has 76 valence electrons. The zero-order chi connectivity index (χ0) is 9.80. The van der Waals surface area contributed by atoms with E-state index in [4.69, 9.17) is 5.21 Å². The van der Waals surface area contributed by atoms with Gasteiger partial charge in [0.25, 0.3) is 0 Å². The summed E-state index contributed by atoms with van der Waals surface area (Å²) in [5.41, 5.74) is 0.949. The minimum Gasteiger partial charge on any atom is -0.411 e. The van der Waals surface area contributed by atoms with Crippen LogP contribution in [0.25, 0.3) is 0 Å². The first kappa shape index (κ1) is 9.24. The standard InChI is InChI=1S/C10H15N3O/c14-12-10-4-2-1-3-9(10)7-13-6-5-11-8-13/h5-6,8-9,14H,1-4,7H2/b12-10+/t9-/m1/s1. The number of rotatable bonds is 2. The van der Waals surface area contributed by atoms with E-state index in [-0.39, 0.29) is 0 Å². The third kappa shape index (κ3) is 1.95. The third-order valence-electron chi connectivity index (χ3n) is 2.83. The predicted molar refractivity (Wildman–Crippen MR) is 53.4 cm³/mol. The number of imidazole rings is 1. The third-order valence-corrected chi connectivity index (χ3v) is 2.83. The summed E-state index contributed by atoms with van der Waals surface area (Å²) in [6, 6.07) is 0. The Morgan fingerprint density at radius 3 is 3.21 bits per heavy atom. The average Bonchev–Trinajstić information content (AvgIpc) is 2.71. The van der Waals surface area contributed by atoms with Crippen molar-refractivity contribution >= 4 is 5.71 Å². The molecule has 0 spiro atoms. The Kier molecular flexibility index (Phi) is 2.81. The second-order valence-corrected chi connectivity index (χ2v) is 3.79. The van der Waals surface area contributed by atoms with Gasteiger partial charge in [0.2, 0.25) is 0 Å². The van der Waals surface area contributed by atoms with Crippen molar-refractivity contribution in [3.05, 3.63) is 18.7 Å². The highest BCUT2D eigenvalue weighted by atomic mass is 16.4. The van der Waals surface area contributed by atoms with E-state index in [1.165, 1.54) is 6.42 Å². The maximum atomic E-state index is 8.85. The van der Waals surface area contributed by atoms with Gasteiger partial charge in [-0.2, -0.15) is 0 Å². The molecule has 14 heavy (non-hydrogen) atoms. The van der Waals surface area contributed by atoms with Gasteiger partial charge in [0.05, 0.1) is 12.0 Å². The molecule has 1 saturated carbocycles. The predicted octanol–water partition coefficient (Wildman–Crippen LogP) is 1.90. The van der Waals surface area contributed by atoms with Gasteiger partial charge in [-0.1, -0.05) is 11.6 Å². The maximum absolute atomic E-state index is 8.85. The van der Waals surface area contributed by atoms with Gasteiger partial charge in [-0.05, 0) is 19.3 Å². The van der Waals surface area contributed by atoms with Crippen LogP contribution >= 0.6 is 0 Å². The Hall–Kier alpha value is -1.32. The number of hydrogen-bond donors (Lipinski definition) is 1. The fraction of sp³-hybridized carbons (Fsp3) is 0.600. The minimum atomic E-state index is 0.392. The van der Waals surface area contributed by atoms with Crippen LogP contribution in [0.2, 0.25) is 0 Å². The van der Waals surface area contributed by atoms with Gasteiger partial charge in [0.1, 0.15) is 0 Å². The lowest BCUT2D eigenvalue weighted by Crippen LogP contribution is -2.23. The van der Waals surface area contributed by atoms with Crippen molar-refractivity contribution in [3.8, 4) is 0 Å². The quantitative estimate of drug-likeness (QED) is 0.576. The van der Waals surface area contributed by atoms with Gasteiger partial charge >= 0.3 is 0 Å². The molecular formula is C10H15N3O. The molecule has 0 saturated heterocycles. The van der Waals surface area contributed by atoms with Gasteiger partial charge < -0.3 is 9.77 Å². The molecule has 1 aliphatic rings. The average molecular weight is 193 g/mol. The fourth-order valence-electron chi connectivity index (χ4n) is 2.05. The van der Waals surface area contributed by atoms with Crippen LogP contribution in [0.3, 0.4) is 0 Å². The first-order valence-electron chi connectivity index (χ1n) is 5.06. The van der Waals surface area contributed by atoms with Gasteiger partial charge in [0.15, 0.2) is 0 Å². The lowest BCUT2D eigenvalue weighted by Gasteiger charge is -2.22. The number of hydrogen-bond acceptors (Lipinski definition) is 3. The lowest BCUT2D eigenvalue weighted by molar-refractivity contribution is 0.306. The largest absolute Gasteiger partial charge is 0.411 e. The summed E-state index contributed by atoms with van der Waals surface area (Å²) in [4.78, 5) is 4.00. The highest BCUT2D eigenvalue weighted by molar-refractivity contribution is 5.86. The van der Waals surface area contributed by atoms with Crippen molar-refractivity contribution in [2.75, 3.05) is 0 Å². The Labute approximate surface area is 83.3 Å². The molecule has 1 fully saturated rings. The Morgan fingerprint density at radius 1 is 1.57 bits per heavy atom. The van der Waals surface area contributed by atoms with Crippen molar-refractivity contribution in [3.63, 3.8) is 0 Å². The summed E-state index contributed by atoms with van der Waals surface area (Å²) in [7, 11) is 0. The molecule has 4 heteroatoms. The summed E-state index contributed by atoms with van der Waals surface area (Å²) in [6.07, 6.45) is 9.98. The Bertz CT molecular complexity index is 305. The lowest BCUT2D eigenvalue weighted by atomic mass is 9.87. The second kappa shape index (κ2) is 4.26. The summed E-state index contributed by atoms with van der Waals surface area (Å²) >= 11 is 0. The van der Waals surface area contributed by atoms with Crippen LogP contribution in [0.1, 0.15) is 25.7 Å². The van der Waals surface area contributed by atoms with E-state index in [0.29, 0.717) is 5.92 Å². The van der Waals surface area contributed by atoms with Gasteiger partial charge in [-0.3, -0.25) is 0 Å². The van der Waals surface area contributed by atoms with Crippen LogP contribution in [0.4, 0.5) is 0 Å². The zero-order valence-corrected chi connectivity index (χ0v) is 8.13. The van der Waals surface area contributed by atoms with Crippen LogP contribution in [0.15, 0.2) is 23.9 Å². The highest BCUT2D eigenvalue weighted by Crippen LogP contribution is 2.23. The van der Waals surface area contributed by atoms with Crippen LogP contribution in [-0.2, 0) is 6.54 Å². The molecule has 0 bridgehead atoms. The van der Waals surface area contributed by atoms with Gasteiger partial charge in [-0.15, -0.1) is 0 Å². The van der Waals surface area contributed by atoms with Crippen molar-refractivity contribution < 1.29 is 5.21 Å². The fourth-order valence-corrected chi connectivity index (χ4v) is 2.05. The molecule has 1 aliphatic carbocycles. The van der Waals surface area contributed by atoms with Crippen LogP contribution in [-0.4, -0.2) is 20.5 Å². The molecule has 0 amide bonds. The topological polar surface area (TPSA) is 50.4 Å². The smallest absolute Gasteiger partial charge is 0.0946 e. The molecule has 1 aromatic heterocycles. The number of nitrogens with zero attached hydrogens (tertiary/aromatic N) is 3. The monoisotopic (exact) mass is 193 g/mol. The Balaban J connectivity index is 2.02. The van der Waals surface area contributed by atoms with Crippen LogP contribution < -0.4 is 0 Å². The van der Waals surface area contributed by atoms with Crippen molar-refractivity contribution in [1.82, 2.24) is 9.55 Å². The van der Waals surface area contributed by atoms with E-state index >= 15 is 0 Å². The molecule has 1 aromatic rings. The van der Waals surface area contributed by atoms with Gasteiger partial charge in [-0.25, -0.2) is 4.98 Å². The maximum Gasteiger partial charge on any atom is 0.0946 e. The SMILES string of the molecule is O/N=C1\CCCC[C@@H]1Cn1ccnc1. The van der Waals surface area contributed by atoms with E-state index < -0.39 is 0 Å². The molecule has 0 radical (unpaired) electrons. The molecule has 2 rings (SSSR count). The van der Waals surface area contributed by atoms with Crippen LogP contribution in [0.5, 0.6) is 0 Å². The highest BCUT2D eigenvalue weighted by Gasteiger charge is 2.20. The number of oxime groups is 1. The van der Waals surface area contributed by atoms with E-state index in [2.05, 4.69) is 10.1 Å². The van der Waals surface area contributed by atoms with E-state index in [9.17, 15) is 0 Å². The van der Waals surface area contributed by atoms with Crippen molar-refractivity contribution in [2.24, 2.45) is 11.1 Å². The molecule has 1 N–H and O–H groups in total. The Morgan fingerprint density at radius 2 is 2.50 bits per heavy atom. The molecule has 0 unspecified atom stereocenters. The van der Waals surface area contributed by atoms with E-state index in [0.717, 1.165) is 31.5 Å². The van der Waals surface area contributed by atoms with E-state index in [1.54, 1.807) is 6.20 Å². The first-order chi connectivity index (χ1) is 6.90. The number of aromatic nitrogens is 2. The molecule has 0 aliphatic heterocycles. The molecule has 1 heterocycles.